The standard InChI is InChI=1S/C24H21ClN2O/c1-24(2)17-10-8-13-7-9-14(28)11-16(13)21(17)26-22-18(24)12-27-19-6-4-3-5-15(19)20(25)23(22)27/h3-11,18,22,26,28H,12H2,1-2H3/t18-,22-/m1/s1. The minimum atomic E-state index is -0.0195. The van der Waals surface area contributed by atoms with Gasteiger partial charge in [-0.25, -0.2) is 0 Å². The monoisotopic (exact) mass is 388 g/mol. The number of aromatic nitrogens is 1. The second kappa shape index (κ2) is 5.24. The molecular formula is C24H21ClN2O. The van der Waals surface area contributed by atoms with Crippen LogP contribution in [0, 0.1) is 5.92 Å². The Bertz CT molecular complexity index is 1290. The van der Waals surface area contributed by atoms with E-state index in [2.05, 4.69) is 54.1 Å². The molecule has 28 heavy (non-hydrogen) atoms. The van der Waals surface area contributed by atoms with Crippen molar-refractivity contribution >= 4 is 39.0 Å². The number of anilines is 1. The van der Waals surface area contributed by atoms with Crippen LogP contribution in [0.1, 0.15) is 31.1 Å². The summed E-state index contributed by atoms with van der Waals surface area (Å²) in [6, 6.07) is 18.5. The number of nitrogens with one attached hydrogen (secondary N) is 1. The second-order valence-corrected chi connectivity index (χ2v) is 9.05. The van der Waals surface area contributed by atoms with Crippen LogP contribution in [0.2, 0.25) is 5.02 Å². The molecule has 0 unspecified atom stereocenters. The molecule has 2 atom stereocenters. The highest BCUT2D eigenvalue weighted by Crippen LogP contribution is 2.56. The summed E-state index contributed by atoms with van der Waals surface area (Å²) in [5, 5.41) is 18.1. The Hall–Kier alpha value is -2.65. The first-order chi connectivity index (χ1) is 13.5. The highest BCUT2D eigenvalue weighted by atomic mass is 35.5. The second-order valence-electron chi connectivity index (χ2n) is 8.67. The number of fused-ring (bicyclic) bond motifs is 8. The minimum absolute atomic E-state index is 0.0195. The fourth-order valence-electron chi connectivity index (χ4n) is 5.44. The van der Waals surface area contributed by atoms with Crippen molar-refractivity contribution in [2.24, 2.45) is 5.92 Å². The Morgan fingerprint density at radius 3 is 2.71 bits per heavy atom. The zero-order chi connectivity index (χ0) is 19.2. The SMILES string of the molecule is CC1(C)c2ccc3ccc(O)cc3c2N[C@H]2c3c(Cl)c4ccccc4n3C[C@H]21. The molecule has 0 amide bonds. The van der Waals surface area contributed by atoms with Crippen LogP contribution in [0.3, 0.4) is 0 Å². The Kier molecular flexibility index (Phi) is 3.05. The molecule has 0 bridgehead atoms. The van der Waals surface area contributed by atoms with Gasteiger partial charge in [0, 0.05) is 34.4 Å². The van der Waals surface area contributed by atoms with Gasteiger partial charge >= 0.3 is 0 Å². The molecule has 0 aliphatic carbocycles. The maximum Gasteiger partial charge on any atom is 0.116 e. The van der Waals surface area contributed by atoms with Crippen LogP contribution in [0.5, 0.6) is 5.75 Å². The number of halogens is 1. The Balaban J connectivity index is 1.63. The average molecular weight is 389 g/mol. The topological polar surface area (TPSA) is 37.2 Å². The summed E-state index contributed by atoms with van der Waals surface area (Å²) in [5.74, 6) is 0.702. The number of phenols is 1. The number of hydrogen-bond acceptors (Lipinski definition) is 2. The molecule has 2 aliphatic rings. The third-order valence-corrected chi connectivity index (χ3v) is 7.35. The molecule has 4 aromatic rings. The van der Waals surface area contributed by atoms with Crippen LogP contribution in [0.15, 0.2) is 54.6 Å². The van der Waals surface area contributed by atoms with Gasteiger partial charge in [-0.05, 0) is 34.6 Å². The Labute approximate surface area is 168 Å². The Morgan fingerprint density at radius 1 is 1.07 bits per heavy atom. The molecule has 3 nitrogen and oxygen atoms in total. The minimum Gasteiger partial charge on any atom is -0.508 e. The maximum atomic E-state index is 10.1. The van der Waals surface area contributed by atoms with E-state index in [1.54, 1.807) is 6.07 Å². The van der Waals surface area contributed by atoms with Gasteiger partial charge in [0.05, 0.1) is 16.8 Å². The highest BCUT2D eigenvalue weighted by Gasteiger charge is 2.49. The van der Waals surface area contributed by atoms with E-state index in [9.17, 15) is 5.11 Å². The number of nitrogens with zero attached hydrogens (tertiary/aromatic N) is 1. The zero-order valence-corrected chi connectivity index (χ0v) is 16.6. The molecule has 4 heteroatoms. The summed E-state index contributed by atoms with van der Waals surface area (Å²) in [6.45, 7) is 5.62. The molecule has 2 aliphatic heterocycles. The quantitative estimate of drug-likeness (QED) is 0.374. The first-order valence-corrected chi connectivity index (χ1v) is 10.1. The molecule has 6 rings (SSSR count). The van der Waals surface area contributed by atoms with Crippen LogP contribution >= 0.6 is 11.6 Å². The molecule has 0 spiro atoms. The van der Waals surface area contributed by atoms with E-state index in [0.717, 1.165) is 33.4 Å². The summed E-state index contributed by atoms with van der Waals surface area (Å²) in [7, 11) is 0. The maximum absolute atomic E-state index is 10.1. The molecular weight excluding hydrogens is 368 g/mol. The third kappa shape index (κ3) is 1.90. The van der Waals surface area contributed by atoms with Crippen LogP contribution < -0.4 is 5.32 Å². The van der Waals surface area contributed by atoms with E-state index in [1.807, 2.05) is 18.2 Å². The summed E-state index contributed by atoms with van der Waals surface area (Å²) in [4.78, 5) is 0. The summed E-state index contributed by atoms with van der Waals surface area (Å²) in [6.07, 6.45) is 0. The van der Waals surface area contributed by atoms with Gasteiger partial charge in [0.25, 0.3) is 0 Å². The summed E-state index contributed by atoms with van der Waals surface area (Å²) < 4.78 is 2.40. The van der Waals surface area contributed by atoms with Gasteiger partial charge in [-0.2, -0.15) is 0 Å². The lowest BCUT2D eigenvalue weighted by Gasteiger charge is -2.43. The molecule has 0 saturated heterocycles. The molecule has 0 radical (unpaired) electrons. The predicted molar refractivity (Wildman–Crippen MR) is 115 cm³/mol. The van der Waals surface area contributed by atoms with Crippen molar-refractivity contribution in [3.63, 3.8) is 0 Å². The average Bonchev–Trinajstić information content (AvgIpc) is 3.19. The first kappa shape index (κ1) is 16.3. The van der Waals surface area contributed by atoms with Crippen molar-refractivity contribution in [1.29, 1.82) is 0 Å². The molecule has 0 saturated carbocycles. The van der Waals surface area contributed by atoms with Crippen molar-refractivity contribution in [2.45, 2.75) is 31.8 Å². The molecule has 0 fully saturated rings. The van der Waals surface area contributed by atoms with Gasteiger partial charge in [-0.15, -0.1) is 0 Å². The van der Waals surface area contributed by atoms with Gasteiger partial charge in [0.15, 0.2) is 0 Å². The molecule has 140 valence electrons. The van der Waals surface area contributed by atoms with Crippen LogP contribution in [0.25, 0.3) is 21.7 Å². The normalized spacial score (nSPS) is 22.0. The fourth-order valence-corrected chi connectivity index (χ4v) is 5.82. The number of para-hydroxylation sites is 1. The van der Waals surface area contributed by atoms with Crippen molar-refractivity contribution < 1.29 is 5.11 Å². The van der Waals surface area contributed by atoms with Crippen LogP contribution in [0.4, 0.5) is 5.69 Å². The largest absolute Gasteiger partial charge is 0.508 e. The van der Waals surface area contributed by atoms with Gasteiger partial charge < -0.3 is 15.0 Å². The van der Waals surface area contributed by atoms with Crippen LogP contribution in [-0.2, 0) is 12.0 Å². The summed E-state index contributed by atoms with van der Waals surface area (Å²) >= 11 is 6.89. The van der Waals surface area contributed by atoms with E-state index in [1.165, 1.54) is 16.8 Å². The van der Waals surface area contributed by atoms with E-state index in [4.69, 9.17) is 11.6 Å². The number of aromatic hydroxyl groups is 1. The Morgan fingerprint density at radius 2 is 1.86 bits per heavy atom. The van der Waals surface area contributed by atoms with Gasteiger partial charge in [-0.3, -0.25) is 0 Å². The number of benzene rings is 3. The molecule has 2 N–H and O–H groups in total. The van der Waals surface area contributed by atoms with Crippen molar-refractivity contribution in [3.05, 3.63) is 70.9 Å². The highest BCUT2D eigenvalue weighted by molar-refractivity contribution is 6.36. The fraction of sp³-hybridized carbons (Fsp3) is 0.250. The predicted octanol–water partition coefficient (Wildman–Crippen LogP) is 6.23. The third-order valence-electron chi connectivity index (χ3n) is 6.95. The van der Waals surface area contributed by atoms with Gasteiger partial charge in [0.2, 0.25) is 0 Å². The van der Waals surface area contributed by atoms with Gasteiger partial charge in [-0.1, -0.05) is 61.8 Å². The lowest BCUT2D eigenvalue weighted by molar-refractivity contribution is 0.275. The van der Waals surface area contributed by atoms with Crippen LogP contribution in [-0.4, -0.2) is 9.67 Å². The van der Waals surface area contributed by atoms with E-state index in [0.29, 0.717) is 11.7 Å². The molecule has 1 aromatic heterocycles. The van der Waals surface area contributed by atoms with Gasteiger partial charge in [0.1, 0.15) is 5.75 Å². The number of hydrogen-bond donors (Lipinski definition) is 2. The zero-order valence-electron chi connectivity index (χ0n) is 15.8. The summed E-state index contributed by atoms with van der Waals surface area (Å²) in [5.41, 5.74) is 4.80. The molecule has 3 heterocycles. The van der Waals surface area contributed by atoms with Crippen molar-refractivity contribution in [3.8, 4) is 5.75 Å². The molecule has 3 aromatic carbocycles. The smallest absolute Gasteiger partial charge is 0.116 e. The number of phenolic OH excluding ortho intramolecular Hbond substituents is 1. The van der Waals surface area contributed by atoms with E-state index < -0.39 is 0 Å². The lowest BCUT2D eigenvalue weighted by Crippen LogP contribution is -2.39. The number of rotatable bonds is 0. The van der Waals surface area contributed by atoms with Crippen molar-refractivity contribution in [1.82, 2.24) is 4.57 Å². The van der Waals surface area contributed by atoms with E-state index >= 15 is 0 Å². The van der Waals surface area contributed by atoms with Crippen molar-refractivity contribution in [2.75, 3.05) is 5.32 Å². The van der Waals surface area contributed by atoms with E-state index in [-0.39, 0.29) is 11.5 Å². The lowest BCUT2D eigenvalue weighted by atomic mass is 9.67. The first-order valence-electron chi connectivity index (χ1n) is 9.76.